The number of hydrogen-bond acceptors (Lipinski definition) is 3. The van der Waals surface area contributed by atoms with Crippen LogP contribution in [0, 0.1) is 5.92 Å². The molecule has 2 N–H and O–H groups in total. The molecule has 0 aromatic carbocycles. The van der Waals surface area contributed by atoms with Crippen molar-refractivity contribution in [2.24, 2.45) is 5.92 Å². The predicted molar refractivity (Wildman–Crippen MR) is 50.0 cm³/mol. The molecular formula is C8H16BNO2. The fourth-order valence-corrected chi connectivity index (χ4v) is 1.39. The highest BCUT2D eigenvalue weighted by Crippen LogP contribution is 2.16. The SMILES string of the molecule is COBN[C@H]1C=CC(CO)CC1. The van der Waals surface area contributed by atoms with Crippen molar-refractivity contribution < 1.29 is 9.76 Å². The van der Waals surface area contributed by atoms with E-state index in [2.05, 4.69) is 17.4 Å². The zero-order valence-electron chi connectivity index (χ0n) is 7.49. The van der Waals surface area contributed by atoms with Gasteiger partial charge in [-0.3, -0.25) is 0 Å². The van der Waals surface area contributed by atoms with Gasteiger partial charge in [0, 0.05) is 25.7 Å². The molecule has 2 atom stereocenters. The van der Waals surface area contributed by atoms with E-state index in [0.717, 1.165) is 12.8 Å². The molecule has 0 fully saturated rings. The highest BCUT2D eigenvalue weighted by molar-refractivity contribution is 6.23. The van der Waals surface area contributed by atoms with Gasteiger partial charge in [-0.2, -0.15) is 0 Å². The van der Waals surface area contributed by atoms with Gasteiger partial charge in [0.05, 0.1) is 0 Å². The van der Waals surface area contributed by atoms with Crippen LogP contribution in [0.2, 0.25) is 0 Å². The Balaban J connectivity index is 2.23. The van der Waals surface area contributed by atoms with Crippen molar-refractivity contribution in [2.45, 2.75) is 18.9 Å². The lowest BCUT2D eigenvalue weighted by Gasteiger charge is -2.21. The van der Waals surface area contributed by atoms with Gasteiger partial charge in [0.25, 0.3) is 0 Å². The molecule has 3 nitrogen and oxygen atoms in total. The van der Waals surface area contributed by atoms with E-state index in [0.29, 0.717) is 19.6 Å². The molecule has 0 bridgehead atoms. The maximum absolute atomic E-state index is 8.86. The summed E-state index contributed by atoms with van der Waals surface area (Å²) < 4.78 is 4.90. The molecule has 0 heterocycles. The summed E-state index contributed by atoms with van der Waals surface area (Å²) in [6.07, 6.45) is 6.35. The van der Waals surface area contributed by atoms with E-state index in [9.17, 15) is 0 Å². The van der Waals surface area contributed by atoms with Crippen LogP contribution in [0.5, 0.6) is 0 Å². The Morgan fingerprint density at radius 2 is 2.42 bits per heavy atom. The molecule has 1 aliphatic rings. The molecule has 0 saturated carbocycles. The molecule has 0 aromatic rings. The van der Waals surface area contributed by atoms with E-state index in [4.69, 9.17) is 9.76 Å². The van der Waals surface area contributed by atoms with Gasteiger partial charge in [-0.1, -0.05) is 12.2 Å². The predicted octanol–water partition coefficient (Wildman–Crippen LogP) is -0.184. The van der Waals surface area contributed by atoms with Crippen LogP contribution in [0.3, 0.4) is 0 Å². The lowest BCUT2D eigenvalue weighted by atomic mass is 9.92. The van der Waals surface area contributed by atoms with Crippen LogP contribution < -0.4 is 5.23 Å². The Morgan fingerprint density at radius 3 is 2.92 bits per heavy atom. The van der Waals surface area contributed by atoms with Crippen molar-refractivity contribution in [3.8, 4) is 0 Å². The van der Waals surface area contributed by atoms with Gasteiger partial charge in [-0.05, 0) is 12.8 Å². The zero-order chi connectivity index (χ0) is 8.81. The average Bonchev–Trinajstić information content (AvgIpc) is 2.15. The molecule has 1 rings (SSSR count). The first-order chi connectivity index (χ1) is 5.86. The second-order valence-corrected chi connectivity index (χ2v) is 3.15. The normalized spacial score (nSPS) is 28.8. The zero-order valence-corrected chi connectivity index (χ0v) is 7.49. The molecule has 1 aliphatic carbocycles. The highest BCUT2D eigenvalue weighted by Gasteiger charge is 2.13. The van der Waals surface area contributed by atoms with Gasteiger partial charge >= 0.3 is 7.62 Å². The summed E-state index contributed by atoms with van der Waals surface area (Å²) in [6.45, 7) is 0.271. The number of rotatable bonds is 4. The number of aliphatic hydroxyl groups excluding tert-OH is 1. The van der Waals surface area contributed by atoms with Gasteiger partial charge in [-0.25, -0.2) is 0 Å². The lowest BCUT2D eigenvalue weighted by Crippen LogP contribution is -2.34. The first kappa shape index (κ1) is 9.77. The van der Waals surface area contributed by atoms with Crippen molar-refractivity contribution in [3.63, 3.8) is 0 Å². The van der Waals surface area contributed by atoms with Crippen molar-refractivity contribution >= 4 is 7.62 Å². The molecule has 0 aromatic heterocycles. The lowest BCUT2D eigenvalue weighted by molar-refractivity contribution is 0.238. The van der Waals surface area contributed by atoms with Crippen molar-refractivity contribution in [2.75, 3.05) is 13.7 Å². The molecule has 1 unspecified atom stereocenters. The fourth-order valence-electron chi connectivity index (χ4n) is 1.39. The summed E-state index contributed by atoms with van der Waals surface area (Å²) in [4.78, 5) is 0. The first-order valence-corrected chi connectivity index (χ1v) is 4.38. The van der Waals surface area contributed by atoms with Gasteiger partial charge < -0.3 is 15.0 Å². The average molecular weight is 169 g/mol. The summed E-state index contributed by atoms with van der Waals surface area (Å²) >= 11 is 0. The highest BCUT2D eigenvalue weighted by atomic mass is 16.4. The number of nitrogens with one attached hydrogen (secondary N) is 1. The molecule has 0 saturated heterocycles. The van der Waals surface area contributed by atoms with Crippen LogP contribution in [0.1, 0.15) is 12.8 Å². The third-order valence-electron chi connectivity index (χ3n) is 2.19. The van der Waals surface area contributed by atoms with Crippen LogP contribution in [-0.4, -0.2) is 32.5 Å². The Bertz CT molecular complexity index is 152. The molecule has 0 spiro atoms. The Morgan fingerprint density at radius 1 is 1.58 bits per heavy atom. The molecule has 0 radical (unpaired) electrons. The van der Waals surface area contributed by atoms with E-state index < -0.39 is 0 Å². The summed E-state index contributed by atoms with van der Waals surface area (Å²) in [5.41, 5.74) is 0. The van der Waals surface area contributed by atoms with Crippen LogP contribution in [0.15, 0.2) is 12.2 Å². The van der Waals surface area contributed by atoms with E-state index >= 15 is 0 Å². The molecule has 12 heavy (non-hydrogen) atoms. The second kappa shape index (κ2) is 5.35. The topological polar surface area (TPSA) is 41.5 Å². The number of aliphatic hydroxyl groups is 1. The van der Waals surface area contributed by atoms with Gasteiger partial charge in [0.1, 0.15) is 0 Å². The maximum Gasteiger partial charge on any atom is 0.360 e. The molecule has 0 amide bonds. The smallest absolute Gasteiger partial charge is 0.360 e. The van der Waals surface area contributed by atoms with E-state index in [1.807, 2.05) is 0 Å². The Hall–Kier alpha value is -0.315. The standard InChI is InChI=1S/C8H16BNO2/c1-12-9-10-8-4-2-7(6-11)3-5-8/h2,4,7-11H,3,5-6H2,1H3/t7?,8-/m0/s1. The minimum atomic E-state index is 0.271. The van der Waals surface area contributed by atoms with E-state index in [1.54, 1.807) is 7.11 Å². The largest absolute Gasteiger partial charge is 0.427 e. The van der Waals surface area contributed by atoms with Crippen molar-refractivity contribution in [3.05, 3.63) is 12.2 Å². The molecule has 4 heteroatoms. The van der Waals surface area contributed by atoms with Gasteiger partial charge in [-0.15, -0.1) is 0 Å². The van der Waals surface area contributed by atoms with Gasteiger partial charge in [0.15, 0.2) is 0 Å². The summed E-state index contributed by atoms with van der Waals surface area (Å²) in [7, 11) is 2.27. The Kier molecular flexibility index (Phi) is 4.36. The Labute approximate surface area is 74.1 Å². The van der Waals surface area contributed by atoms with Crippen molar-refractivity contribution in [1.82, 2.24) is 5.23 Å². The molecular weight excluding hydrogens is 153 g/mol. The number of hydrogen-bond donors (Lipinski definition) is 2. The fraction of sp³-hybridized carbons (Fsp3) is 0.750. The molecule has 68 valence electrons. The monoisotopic (exact) mass is 169 g/mol. The van der Waals surface area contributed by atoms with Crippen LogP contribution in [0.25, 0.3) is 0 Å². The third-order valence-corrected chi connectivity index (χ3v) is 2.19. The summed E-state index contributed by atoms with van der Waals surface area (Å²) in [5.74, 6) is 0.366. The second-order valence-electron chi connectivity index (χ2n) is 3.15. The maximum atomic E-state index is 8.86. The quantitative estimate of drug-likeness (QED) is 0.453. The molecule has 0 aliphatic heterocycles. The third kappa shape index (κ3) is 2.97. The van der Waals surface area contributed by atoms with Crippen molar-refractivity contribution in [1.29, 1.82) is 0 Å². The van der Waals surface area contributed by atoms with Crippen LogP contribution >= 0.6 is 0 Å². The van der Waals surface area contributed by atoms with E-state index in [-0.39, 0.29) is 6.61 Å². The first-order valence-electron chi connectivity index (χ1n) is 4.38. The minimum absolute atomic E-state index is 0.271. The minimum Gasteiger partial charge on any atom is -0.427 e. The summed E-state index contributed by atoms with van der Waals surface area (Å²) in [5, 5.41) is 12.1. The van der Waals surface area contributed by atoms with Gasteiger partial charge in [0.2, 0.25) is 0 Å². The summed E-state index contributed by atoms with van der Waals surface area (Å²) in [6, 6.07) is 0.424. The van der Waals surface area contributed by atoms with Crippen LogP contribution in [0.4, 0.5) is 0 Å². The van der Waals surface area contributed by atoms with E-state index in [1.165, 1.54) is 0 Å². The van der Waals surface area contributed by atoms with Crippen LogP contribution in [-0.2, 0) is 4.65 Å².